The Morgan fingerprint density at radius 3 is 2.59 bits per heavy atom. The van der Waals surface area contributed by atoms with E-state index in [-0.39, 0.29) is 50.4 Å². The van der Waals surface area contributed by atoms with Crippen molar-refractivity contribution >= 4 is 17.5 Å². The van der Waals surface area contributed by atoms with Gasteiger partial charge < -0.3 is 10.6 Å². The summed E-state index contributed by atoms with van der Waals surface area (Å²) in [5, 5.41) is 14.5. The number of carbonyl (C=O) groups is 2. The number of hydrogen-bond donors (Lipinski definition) is 2. The van der Waals surface area contributed by atoms with Gasteiger partial charge in [-0.2, -0.15) is 23.4 Å². The van der Waals surface area contributed by atoms with E-state index in [4.69, 9.17) is 10.1 Å². The van der Waals surface area contributed by atoms with Crippen molar-refractivity contribution in [2.24, 2.45) is 17.8 Å². The van der Waals surface area contributed by atoms with Gasteiger partial charge in [0.2, 0.25) is 11.8 Å². The first-order valence-corrected chi connectivity index (χ1v) is 16.4. The number of piperidine rings is 1. The maximum atomic E-state index is 14.2. The summed E-state index contributed by atoms with van der Waals surface area (Å²) in [5.74, 6) is -6.22. The zero-order valence-electron chi connectivity index (χ0n) is 25.8. The molecule has 0 unspecified atom stereocenters. The molecule has 1 aliphatic heterocycles. The van der Waals surface area contributed by atoms with Crippen LogP contribution >= 0.6 is 0 Å². The Morgan fingerprint density at radius 1 is 1.15 bits per heavy atom. The van der Waals surface area contributed by atoms with Crippen LogP contribution in [-0.2, 0) is 17.8 Å². The van der Waals surface area contributed by atoms with Gasteiger partial charge in [-0.15, -0.1) is 0 Å². The van der Waals surface area contributed by atoms with Gasteiger partial charge in [-0.05, 0) is 68.6 Å². The quantitative estimate of drug-likeness (QED) is 0.285. The van der Waals surface area contributed by atoms with Crippen molar-refractivity contribution in [3.63, 3.8) is 0 Å². The van der Waals surface area contributed by atoms with Crippen LogP contribution < -0.4 is 10.6 Å². The van der Waals surface area contributed by atoms with Crippen molar-refractivity contribution < 1.29 is 31.5 Å². The standard InChI is InChI=1S/C32H40F5N7O2/c1-2-43-26(10-13-39-43)30(46)41-28(20-8-11-31(33,34)12-9-20)25-18-44-27(40-25)16-23(19-6-4-3-5-7-19)24(42-44)15-21-14-22(32(35,36)37)17-38-29(21)45/h10,13,16,18-22,28H,2-9,11-12,14-15,17H2,1H3,(H,38,45)(H,41,46)/t21-,22-,28+/m1/s1. The lowest BCUT2D eigenvalue weighted by Gasteiger charge is -2.33. The smallest absolute Gasteiger partial charge is 0.355 e. The van der Waals surface area contributed by atoms with Gasteiger partial charge >= 0.3 is 6.18 Å². The molecule has 9 nitrogen and oxygen atoms in total. The van der Waals surface area contributed by atoms with Crippen molar-refractivity contribution in [3.05, 3.63) is 47.2 Å². The second-order valence-corrected chi connectivity index (χ2v) is 13.1. The fourth-order valence-corrected chi connectivity index (χ4v) is 7.45. The fraction of sp³-hybridized carbons (Fsp3) is 0.656. The van der Waals surface area contributed by atoms with Crippen LogP contribution in [0.2, 0.25) is 0 Å². The summed E-state index contributed by atoms with van der Waals surface area (Å²) in [5.41, 5.74) is 2.77. The molecule has 46 heavy (non-hydrogen) atoms. The van der Waals surface area contributed by atoms with Gasteiger partial charge in [0.05, 0.1) is 29.5 Å². The van der Waals surface area contributed by atoms with E-state index in [1.165, 1.54) is 6.20 Å². The van der Waals surface area contributed by atoms with Crippen molar-refractivity contribution in [2.75, 3.05) is 6.54 Å². The summed E-state index contributed by atoms with van der Waals surface area (Å²) in [4.78, 5) is 31.0. The van der Waals surface area contributed by atoms with Crippen LogP contribution in [0.1, 0.15) is 111 Å². The second-order valence-electron chi connectivity index (χ2n) is 13.1. The number of nitrogens with zero attached hydrogens (tertiary/aromatic N) is 5. The zero-order chi connectivity index (χ0) is 32.6. The number of carbonyl (C=O) groups excluding carboxylic acids is 2. The van der Waals surface area contributed by atoms with Crippen molar-refractivity contribution in [1.82, 2.24) is 35.0 Å². The number of aryl methyl sites for hydroxylation is 1. The maximum Gasteiger partial charge on any atom is 0.393 e. The third kappa shape index (κ3) is 6.90. The van der Waals surface area contributed by atoms with Crippen LogP contribution in [0.25, 0.3) is 5.65 Å². The third-order valence-corrected chi connectivity index (χ3v) is 10.1. The fourth-order valence-electron chi connectivity index (χ4n) is 7.45. The molecule has 0 radical (unpaired) electrons. The first kappa shape index (κ1) is 32.4. The summed E-state index contributed by atoms with van der Waals surface area (Å²) >= 11 is 0. The minimum absolute atomic E-state index is 0.0621. The van der Waals surface area contributed by atoms with Crippen LogP contribution in [0.4, 0.5) is 22.0 Å². The Balaban J connectivity index is 1.35. The molecule has 2 amide bonds. The lowest BCUT2D eigenvalue weighted by molar-refractivity contribution is -0.183. The number of rotatable bonds is 8. The maximum absolute atomic E-state index is 14.2. The largest absolute Gasteiger partial charge is 0.393 e. The second kappa shape index (κ2) is 12.9. The van der Waals surface area contributed by atoms with Gasteiger partial charge in [0.1, 0.15) is 5.69 Å². The van der Waals surface area contributed by atoms with Crippen molar-refractivity contribution in [3.8, 4) is 0 Å². The minimum atomic E-state index is -4.41. The summed E-state index contributed by atoms with van der Waals surface area (Å²) in [6, 6.07) is 2.83. The molecule has 3 atom stereocenters. The molecule has 0 bridgehead atoms. The van der Waals surface area contributed by atoms with E-state index in [9.17, 15) is 31.5 Å². The third-order valence-electron chi connectivity index (χ3n) is 10.1. The van der Waals surface area contributed by atoms with Gasteiger partial charge in [0, 0.05) is 44.5 Å². The van der Waals surface area contributed by atoms with Gasteiger partial charge in [-0.3, -0.25) is 14.3 Å². The molecular weight excluding hydrogens is 609 g/mol. The lowest BCUT2D eigenvalue weighted by Crippen LogP contribution is -2.47. The summed E-state index contributed by atoms with van der Waals surface area (Å²) in [6.45, 7) is 1.91. The van der Waals surface area contributed by atoms with Crippen LogP contribution in [-0.4, -0.2) is 54.8 Å². The summed E-state index contributed by atoms with van der Waals surface area (Å²) in [6.07, 6.45) is 3.30. The highest BCUT2D eigenvalue weighted by Gasteiger charge is 2.45. The molecule has 3 aliphatic rings. The number of hydrogen-bond acceptors (Lipinski definition) is 5. The minimum Gasteiger partial charge on any atom is -0.355 e. The number of halogens is 5. The average Bonchev–Trinajstić information content (AvgIpc) is 3.67. The van der Waals surface area contributed by atoms with Gasteiger partial charge in [-0.25, -0.2) is 18.3 Å². The number of imidazole rings is 1. The van der Waals surface area contributed by atoms with Crippen LogP contribution in [0.3, 0.4) is 0 Å². The molecule has 4 heterocycles. The highest BCUT2D eigenvalue weighted by molar-refractivity contribution is 5.92. The number of fused-ring (bicyclic) bond motifs is 1. The van der Waals surface area contributed by atoms with Gasteiger partial charge in [0.15, 0.2) is 5.65 Å². The first-order chi connectivity index (χ1) is 21.9. The molecule has 3 aromatic rings. The van der Waals surface area contributed by atoms with Crippen LogP contribution in [0, 0.1) is 17.8 Å². The lowest BCUT2D eigenvalue weighted by atomic mass is 9.80. The Labute approximate surface area is 263 Å². The average molecular weight is 650 g/mol. The molecular formula is C32H40F5N7O2. The molecule has 14 heteroatoms. The van der Waals surface area contributed by atoms with E-state index < -0.39 is 48.3 Å². The van der Waals surface area contributed by atoms with Crippen LogP contribution in [0.5, 0.6) is 0 Å². The first-order valence-electron chi connectivity index (χ1n) is 16.4. The summed E-state index contributed by atoms with van der Waals surface area (Å²) in [7, 11) is 0. The van der Waals surface area contributed by atoms with E-state index in [0.717, 1.165) is 37.7 Å². The highest BCUT2D eigenvalue weighted by atomic mass is 19.4. The molecule has 250 valence electrons. The number of amides is 2. The normalized spacial score (nSPS) is 23.7. The summed E-state index contributed by atoms with van der Waals surface area (Å²) < 4.78 is 72.2. The molecule has 3 aromatic heterocycles. The molecule has 2 aliphatic carbocycles. The van der Waals surface area contributed by atoms with E-state index in [1.807, 2.05) is 13.0 Å². The number of aromatic nitrogens is 5. The Morgan fingerprint density at radius 2 is 1.89 bits per heavy atom. The molecule has 1 saturated heterocycles. The van der Waals surface area contributed by atoms with E-state index in [0.29, 0.717) is 29.3 Å². The molecule has 6 rings (SSSR count). The van der Waals surface area contributed by atoms with E-state index in [2.05, 4.69) is 15.7 Å². The SMILES string of the molecule is CCn1nccc1C(=O)N[C@H](c1cn2nc(C[C@H]3C[C@@H](C(F)(F)F)CNC3=O)c(C3CCCCC3)cc2n1)C1CCC(F)(F)CC1. The molecule has 3 fully saturated rings. The van der Waals surface area contributed by atoms with Gasteiger partial charge in [0.25, 0.3) is 5.91 Å². The highest BCUT2D eigenvalue weighted by Crippen LogP contribution is 2.42. The van der Waals surface area contributed by atoms with E-state index in [1.54, 1.807) is 21.5 Å². The molecule has 2 N–H and O–H groups in total. The number of nitrogens with one attached hydrogen (secondary N) is 2. The van der Waals surface area contributed by atoms with Gasteiger partial charge in [-0.1, -0.05) is 19.3 Å². The molecule has 0 spiro atoms. The molecule has 2 saturated carbocycles. The Kier molecular flexibility index (Phi) is 9.08. The Hall–Kier alpha value is -3.58. The van der Waals surface area contributed by atoms with Crippen LogP contribution in [0.15, 0.2) is 24.5 Å². The Bertz CT molecular complexity index is 1550. The molecule has 0 aromatic carbocycles. The van der Waals surface area contributed by atoms with E-state index >= 15 is 0 Å². The predicted molar refractivity (Wildman–Crippen MR) is 158 cm³/mol. The number of alkyl halides is 5. The topological polar surface area (TPSA) is 106 Å². The monoisotopic (exact) mass is 649 g/mol. The van der Waals surface area contributed by atoms with Crippen molar-refractivity contribution in [2.45, 2.75) is 108 Å². The predicted octanol–water partition coefficient (Wildman–Crippen LogP) is 6.15. The zero-order valence-corrected chi connectivity index (χ0v) is 25.8. The van der Waals surface area contributed by atoms with Crippen molar-refractivity contribution in [1.29, 1.82) is 0 Å².